The highest BCUT2D eigenvalue weighted by atomic mass is 16.5. The molecule has 31 heavy (non-hydrogen) atoms. The van der Waals surface area contributed by atoms with Crippen molar-refractivity contribution < 1.29 is 9.47 Å². The van der Waals surface area contributed by atoms with Gasteiger partial charge >= 0.3 is 0 Å². The predicted octanol–water partition coefficient (Wildman–Crippen LogP) is 3.29. The van der Waals surface area contributed by atoms with Gasteiger partial charge in [-0.1, -0.05) is 30.3 Å². The number of benzene rings is 2. The van der Waals surface area contributed by atoms with Crippen molar-refractivity contribution in [3.63, 3.8) is 0 Å². The number of hydrogen-bond acceptors (Lipinski definition) is 5. The van der Waals surface area contributed by atoms with E-state index in [9.17, 15) is 0 Å². The molecule has 0 spiro atoms. The van der Waals surface area contributed by atoms with Crippen LogP contribution in [0.15, 0.2) is 48.7 Å². The van der Waals surface area contributed by atoms with Crippen LogP contribution in [0.1, 0.15) is 23.0 Å². The molecular weight excluding hydrogens is 388 g/mol. The van der Waals surface area contributed by atoms with E-state index < -0.39 is 0 Å². The lowest BCUT2D eigenvalue weighted by Gasteiger charge is -2.36. The van der Waals surface area contributed by atoms with Gasteiger partial charge in [0.05, 0.1) is 24.6 Å². The number of hydrogen-bond donors (Lipinski definition) is 0. The van der Waals surface area contributed by atoms with E-state index >= 15 is 0 Å². The molecule has 1 aromatic heterocycles. The minimum Gasteiger partial charge on any atom is -0.483 e. The Morgan fingerprint density at radius 1 is 1.00 bits per heavy atom. The summed E-state index contributed by atoms with van der Waals surface area (Å²) in [5.74, 6) is 2.57. The van der Waals surface area contributed by atoms with Crippen molar-refractivity contribution in [1.82, 2.24) is 19.4 Å². The van der Waals surface area contributed by atoms with Crippen molar-refractivity contribution in [1.29, 1.82) is 0 Å². The van der Waals surface area contributed by atoms with Gasteiger partial charge in [-0.05, 0) is 35.9 Å². The van der Waals surface area contributed by atoms with Gasteiger partial charge in [-0.3, -0.25) is 9.47 Å². The van der Waals surface area contributed by atoms with Crippen LogP contribution in [-0.2, 0) is 17.9 Å². The van der Waals surface area contributed by atoms with Crippen LogP contribution in [0, 0.1) is 0 Å². The summed E-state index contributed by atoms with van der Waals surface area (Å²) in [7, 11) is 2.18. The van der Waals surface area contributed by atoms with Crippen LogP contribution < -0.4 is 4.74 Å². The van der Waals surface area contributed by atoms with E-state index in [1.54, 1.807) is 0 Å². The third-order valence-electron chi connectivity index (χ3n) is 6.67. The van der Waals surface area contributed by atoms with Gasteiger partial charge < -0.3 is 14.4 Å². The lowest BCUT2D eigenvalue weighted by atomic mass is 9.91. The van der Waals surface area contributed by atoms with Crippen LogP contribution in [-0.4, -0.2) is 65.8 Å². The fraction of sp³-hybridized carbons (Fsp3) is 0.400. The molecule has 2 aromatic carbocycles. The van der Waals surface area contributed by atoms with Gasteiger partial charge in [0.15, 0.2) is 5.82 Å². The molecule has 160 valence electrons. The minimum atomic E-state index is 0.508. The molecule has 0 unspecified atom stereocenters. The lowest BCUT2D eigenvalue weighted by molar-refractivity contribution is 0.0337. The normalized spacial score (nSPS) is 19.4. The third-order valence-corrected chi connectivity index (χ3v) is 6.67. The average molecular weight is 417 g/mol. The quantitative estimate of drug-likeness (QED) is 0.653. The Balaban J connectivity index is 1.22. The smallest absolute Gasteiger partial charge is 0.151 e. The number of aromatic nitrogens is 2. The highest BCUT2D eigenvalue weighted by molar-refractivity contribution is 5.69. The Kier molecular flexibility index (Phi) is 4.78. The van der Waals surface area contributed by atoms with Crippen LogP contribution >= 0.6 is 0 Å². The molecule has 0 amide bonds. The Labute approximate surface area is 183 Å². The molecule has 4 heterocycles. The van der Waals surface area contributed by atoms with Gasteiger partial charge in [0.25, 0.3) is 0 Å². The minimum absolute atomic E-state index is 0.508. The topological polar surface area (TPSA) is 42.8 Å². The molecule has 6 nitrogen and oxygen atoms in total. The number of fused-ring (bicyclic) bond motifs is 3. The van der Waals surface area contributed by atoms with E-state index in [2.05, 4.69) is 70.1 Å². The highest BCUT2D eigenvalue weighted by Gasteiger charge is 2.25. The molecule has 3 aliphatic rings. The summed E-state index contributed by atoms with van der Waals surface area (Å²) in [5, 5.41) is 0. The van der Waals surface area contributed by atoms with E-state index in [4.69, 9.17) is 14.5 Å². The summed E-state index contributed by atoms with van der Waals surface area (Å²) in [6, 6.07) is 15.5. The maximum atomic E-state index is 6.09. The first-order valence-electron chi connectivity index (χ1n) is 11.2. The van der Waals surface area contributed by atoms with Crippen molar-refractivity contribution in [2.75, 3.05) is 46.4 Å². The maximum absolute atomic E-state index is 6.09. The Morgan fingerprint density at radius 3 is 2.55 bits per heavy atom. The van der Waals surface area contributed by atoms with Crippen LogP contribution in [0.25, 0.3) is 16.8 Å². The summed E-state index contributed by atoms with van der Waals surface area (Å²) in [6.07, 6.45) is 2.16. The molecule has 0 N–H and O–H groups in total. The van der Waals surface area contributed by atoms with E-state index in [0.717, 1.165) is 68.9 Å². The van der Waals surface area contributed by atoms with E-state index in [0.29, 0.717) is 12.5 Å². The van der Waals surface area contributed by atoms with Crippen molar-refractivity contribution in [3.05, 3.63) is 65.7 Å². The van der Waals surface area contributed by atoms with Gasteiger partial charge in [0.1, 0.15) is 12.4 Å². The Hall–Kier alpha value is -2.67. The molecule has 0 atom stereocenters. The van der Waals surface area contributed by atoms with Crippen molar-refractivity contribution in [2.45, 2.75) is 19.1 Å². The zero-order valence-electron chi connectivity index (χ0n) is 18.0. The summed E-state index contributed by atoms with van der Waals surface area (Å²) in [4.78, 5) is 9.58. The van der Waals surface area contributed by atoms with E-state index in [1.165, 1.54) is 16.7 Å². The second-order valence-electron chi connectivity index (χ2n) is 8.92. The standard InChI is InChI=1S/C25H28N4O2/c1-27-13-21(14-27)19-4-2-18(3-5-19)20-6-7-23-24(12-20)31-17-25-26-22(16-29(23)25)15-28-8-10-30-11-9-28/h2-7,12,16,21H,8-11,13-15,17H2,1H3. The largest absolute Gasteiger partial charge is 0.483 e. The van der Waals surface area contributed by atoms with Crippen molar-refractivity contribution >= 4 is 0 Å². The van der Waals surface area contributed by atoms with Gasteiger partial charge in [0.2, 0.25) is 0 Å². The van der Waals surface area contributed by atoms with Crippen LogP contribution in [0.5, 0.6) is 5.75 Å². The van der Waals surface area contributed by atoms with Crippen LogP contribution in [0.3, 0.4) is 0 Å². The number of likely N-dealkylation sites (tertiary alicyclic amines) is 1. The van der Waals surface area contributed by atoms with Gasteiger partial charge in [-0.15, -0.1) is 0 Å². The predicted molar refractivity (Wildman–Crippen MR) is 120 cm³/mol. The molecule has 0 bridgehead atoms. The molecular formula is C25H28N4O2. The molecule has 0 radical (unpaired) electrons. The molecule has 3 aromatic rings. The molecule has 6 heteroatoms. The molecule has 0 saturated carbocycles. The first-order chi connectivity index (χ1) is 15.2. The van der Waals surface area contributed by atoms with Crippen molar-refractivity contribution in [2.24, 2.45) is 0 Å². The number of likely N-dealkylation sites (N-methyl/N-ethyl adjacent to an activating group) is 1. The second kappa shape index (κ2) is 7.79. The van der Waals surface area contributed by atoms with Gasteiger partial charge in [0, 0.05) is 44.8 Å². The molecule has 3 aliphatic heterocycles. The molecule has 0 aliphatic carbocycles. The number of morpholine rings is 1. The summed E-state index contributed by atoms with van der Waals surface area (Å²) < 4.78 is 13.7. The first-order valence-corrected chi connectivity index (χ1v) is 11.2. The van der Waals surface area contributed by atoms with E-state index in [-0.39, 0.29) is 0 Å². The first kappa shape index (κ1) is 19.0. The van der Waals surface area contributed by atoms with Gasteiger partial charge in [-0.2, -0.15) is 0 Å². The number of ether oxygens (including phenoxy) is 2. The molecule has 2 saturated heterocycles. The second-order valence-corrected chi connectivity index (χ2v) is 8.92. The number of rotatable bonds is 4. The SMILES string of the molecule is CN1CC(c2ccc(-c3ccc4c(c3)OCc3nc(CN5CCOCC5)cn3-4)cc2)C1. The summed E-state index contributed by atoms with van der Waals surface area (Å²) >= 11 is 0. The lowest BCUT2D eigenvalue weighted by Crippen LogP contribution is -2.41. The fourth-order valence-corrected chi connectivity index (χ4v) is 4.86. The zero-order valence-corrected chi connectivity index (χ0v) is 18.0. The molecule has 6 rings (SSSR count). The maximum Gasteiger partial charge on any atom is 0.151 e. The van der Waals surface area contributed by atoms with Crippen LogP contribution in [0.2, 0.25) is 0 Å². The highest BCUT2D eigenvalue weighted by Crippen LogP contribution is 2.35. The molecule has 2 fully saturated rings. The fourth-order valence-electron chi connectivity index (χ4n) is 4.86. The van der Waals surface area contributed by atoms with Gasteiger partial charge in [-0.25, -0.2) is 4.98 Å². The van der Waals surface area contributed by atoms with Crippen molar-refractivity contribution in [3.8, 4) is 22.6 Å². The van der Waals surface area contributed by atoms with E-state index in [1.807, 2.05) is 0 Å². The third kappa shape index (κ3) is 3.65. The average Bonchev–Trinajstić information content (AvgIpc) is 3.20. The Morgan fingerprint density at radius 2 is 1.77 bits per heavy atom. The summed E-state index contributed by atoms with van der Waals surface area (Å²) in [6.45, 7) is 7.24. The Bertz CT molecular complexity index is 1080. The number of imidazole rings is 1. The zero-order chi connectivity index (χ0) is 20.8. The summed E-state index contributed by atoms with van der Waals surface area (Å²) in [5.41, 5.74) is 6.02. The number of nitrogens with zero attached hydrogens (tertiary/aromatic N) is 4. The monoisotopic (exact) mass is 416 g/mol. The van der Waals surface area contributed by atoms with Crippen LogP contribution in [0.4, 0.5) is 0 Å².